The van der Waals surface area contributed by atoms with Crippen LogP contribution >= 0.6 is 0 Å². The van der Waals surface area contributed by atoms with Crippen molar-refractivity contribution in [2.45, 2.75) is 19.3 Å². The zero-order valence-electron chi connectivity index (χ0n) is 8.47. The van der Waals surface area contributed by atoms with Crippen LogP contribution in [0, 0.1) is 0 Å². The van der Waals surface area contributed by atoms with Gasteiger partial charge in [-0.2, -0.15) is 8.78 Å². The second-order valence-electron chi connectivity index (χ2n) is 2.80. The van der Waals surface area contributed by atoms with E-state index in [0.29, 0.717) is 4.90 Å². The van der Waals surface area contributed by atoms with E-state index in [-0.39, 0.29) is 19.7 Å². The molecule has 3 nitrogen and oxygen atoms in total. The van der Waals surface area contributed by atoms with Crippen LogP contribution in [0.4, 0.5) is 17.6 Å². The fourth-order valence-electron chi connectivity index (χ4n) is 0.909. The van der Waals surface area contributed by atoms with E-state index in [1.54, 1.807) is 0 Å². The highest BCUT2D eigenvalue weighted by atomic mass is 19.3. The molecule has 7 heteroatoms. The highest BCUT2D eigenvalue weighted by molar-refractivity contribution is 5.83. The van der Waals surface area contributed by atoms with Crippen LogP contribution in [-0.4, -0.2) is 50.0 Å². The van der Waals surface area contributed by atoms with Crippen LogP contribution in [0.25, 0.3) is 0 Å². The second kappa shape index (κ2) is 5.89. The van der Waals surface area contributed by atoms with Crippen LogP contribution in [0.1, 0.15) is 6.92 Å². The number of alkyl halides is 4. The minimum absolute atomic E-state index is 0.0267. The van der Waals surface area contributed by atoms with E-state index < -0.39 is 18.3 Å². The zero-order chi connectivity index (χ0) is 12.1. The molecule has 0 aliphatic heterocycles. The Bertz CT molecular complexity index is 211. The van der Waals surface area contributed by atoms with Crippen LogP contribution in [-0.2, 0) is 9.53 Å². The second-order valence-corrected chi connectivity index (χ2v) is 2.80. The molecule has 0 aromatic heterocycles. The summed E-state index contributed by atoms with van der Waals surface area (Å²) in [4.78, 5) is 11.6. The van der Waals surface area contributed by atoms with Crippen molar-refractivity contribution in [3.8, 4) is 0 Å². The quantitative estimate of drug-likeness (QED) is 0.646. The molecule has 15 heavy (non-hydrogen) atoms. The third kappa shape index (κ3) is 3.65. The van der Waals surface area contributed by atoms with E-state index in [0.717, 1.165) is 0 Å². The fraction of sp³-hybridized carbons (Fsp3) is 0.875. The van der Waals surface area contributed by atoms with Gasteiger partial charge in [0.15, 0.2) is 0 Å². The Morgan fingerprint density at radius 2 is 2.00 bits per heavy atom. The van der Waals surface area contributed by atoms with Gasteiger partial charge in [0.1, 0.15) is 0 Å². The molecule has 0 atom stereocenters. The average Bonchev–Trinajstić information content (AvgIpc) is 2.18. The topological polar surface area (TPSA) is 29.5 Å². The van der Waals surface area contributed by atoms with E-state index in [1.165, 1.54) is 14.0 Å². The molecule has 0 saturated heterocycles. The number of hydrogen-bond donors (Lipinski definition) is 0. The molecule has 0 spiro atoms. The largest absolute Gasteiger partial charge is 0.383 e. The minimum Gasteiger partial charge on any atom is -0.383 e. The predicted molar refractivity (Wildman–Crippen MR) is 45.1 cm³/mol. The Morgan fingerprint density at radius 1 is 1.47 bits per heavy atom. The monoisotopic (exact) mass is 231 g/mol. The Morgan fingerprint density at radius 3 is 2.33 bits per heavy atom. The van der Waals surface area contributed by atoms with Gasteiger partial charge in [0.2, 0.25) is 0 Å². The van der Waals surface area contributed by atoms with Crippen molar-refractivity contribution in [2.24, 2.45) is 0 Å². The van der Waals surface area contributed by atoms with Gasteiger partial charge < -0.3 is 9.64 Å². The first-order chi connectivity index (χ1) is 6.87. The SMILES string of the molecule is CCN(CCOC)C(=O)C(F)(F)C(F)F. The number of rotatable bonds is 6. The Kier molecular flexibility index (Phi) is 5.56. The molecule has 0 heterocycles. The van der Waals surface area contributed by atoms with Gasteiger partial charge in [-0.15, -0.1) is 0 Å². The molecule has 0 saturated carbocycles. The zero-order valence-corrected chi connectivity index (χ0v) is 8.47. The lowest BCUT2D eigenvalue weighted by atomic mass is 10.3. The lowest BCUT2D eigenvalue weighted by Gasteiger charge is -2.25. The first kappa shape index (κ1) is 14.2. The van der Waals surface area contributed by atoms with Crippen molar-refractivity contribution in [3.63, 3.8) is 0 Å². The van der Waals surface area contributed by atoms with Crippen molar-refractivity contribution >= 4 is 5.91 Å². The molecular weight excluding hydrogens is 218 g/mol. The van der Waals surface area contributed by atoms with E-state index in [2.05, 4.69) is 4.74 Å². The van der Waals surface area contributed by atoms with Crippen molar-refractivity contribution in [1.29, 1.82) is 0 Å². The highest BCUT2D eigenvalue weighted by Crippen LogP contribution is 2.25. The summed E-state index contributed by atoms with van der Waals surface area (Å²) in [5.74, 6) is -6.49. The van der Waals surface area contributed by atoms with E-state index >= 15 is 0 Å². The summed E-state index contributed by atoms with van der Waals surface area (Å²) in [6.07, 6.45) is -3.98. The van der Waals surface area contributed by atoms with Crippen LogP contribution < -0.4 is 0 Å². The van der Waals surface area contributed by atoms with Crippen molar-refractivity contribution in [3.05, 3.63) is 0 Å². The lowest BCUT2D eigenvalue weighted by Crippen LogP contribution is -2.48. The van der Waals surface area contributed by atoms with Gasteiger partial charge in [-0.25, -0.2) is 8.78 Å². The van der Waals surface area contributed by atoms with E-state index in [4.69, 9.17) is 0 Å². The van der Waals surface area contributed by atoms with Crippen LogP contribution in [0.15, 0.2) is 0 Å². The highest BCUT2D eigenvalue weighted by Gasteiger charge is 2.50. The molecule has 0 radical (unpaired) electrons. The number of likely N-dealkylation sites (N-methyl/N-ethyl adjacent to an activating group) is 1. The normalized spacial score (nSPS) is 11.9. The van der Waals surface area contributed by atoms with Crippen LogP contribution in [0.2, 0.25) is 0 Å². The molecule has 0 aromatic rings. The van der Waals surface area contributed by atoms with Gasteiger partial charge in [-0.3, -0.25) is 4.79 Å². The van der Waals surface area contributed by atoms with Crippen LogP contribution in [0.5, 0.6) is 0 Å². The Labute approximate surface area is 85.0 Å². The van der Waals surface area contributed by atoms with Gasteiger partial charge >= 0.3 is 12.3 Å². The maximum absolute atomic E-state index is 12.6. The standard InChI is InChI=1S/C8H13F4NO2/c1-3-13(4-5-15-2)7(14)8(11,12)6(9)10/h6H,3-5H2,1-2H3. The number of hydrogen-bond acceptors (Lipinski definition) is 2. The molecule has 1 amide bonds. The van der Waals surface area contributed by atoms with Gasteiger partial charge in [-0.1, -0.05) is 0 Å². The third-order valence-corrected chi connectivity index (χ3v) is 1.79. The van der Waals surface area contributed by atoms with Gasteiger partial charge in [0, 0.05) is 20.2 Å². The Hall–Kier alpha value is -0.850. The molecule has 0 N–H and O–H groups in total. The first-order valence-electron chi connectivity index (χ1n) is 4.32. The molecular formula is C8H13F4NO2. The number of halogens is 4. The fourth-order valence-corrected chi connectivity index (χ4v) is 0.909. The summed E-state index contributed by atoms with van der Waals surface area (Å²) in [5.41, 5.74) is 0. The van der Waals surface area contributed by atoms with Gasteiger partial charge in [0.05, 0.1) is 6.61 Å². The molecule has 0 aliphatic rings. The summed E-state index contributed by atoms with van der Waals surface area (Å²) in [5, 5.41) is 0. The van der Waals surface area contributed by atoms with Gasteiger partial charge in [-0.05, 0) is 6.92 Å². The van der Waals surface area contributed by atoms with Crippen molar-refractivity contribution in [2.75, 3.05) is 26.8 Å². The lowest BCUT2D eigenvalue weighted by molar-refractivity contribution is -0.180. The summed E-state index contributed by atoms with van der Waals surface area (Å²) in [6, 6.07) is 0. The first-order valence-corrected chi connectivity index (χ1v) is 4.32. The maximum Gasteiger partial charge on any atom is 0.383 e. The van der Waals surface area contributed by atoms with Crippen LogP contribution in [0.3, 0.4) is 0 Å². The van der Waals surface area contributed by atoms with Gasteiger partial charge in [0.25, 0.3) is 5.91 Å². The molecule has 0 aliphatic carbocycles. The summed E-state index contributed by atoms with van der Waals surface area (Å²) in [7, 11) is 1.32. The predicted octanol–water partition coefficient (Wildman–Crippen LogP) is 1.38. The molecule has 0 fully saturated rings. The minimum atomic E-state index is -4.62. The smallest absolute Gasteiger partial charge is 0.383 e. The Balaban J connectivity index is 4.50. The van der Waals surface area contributed by atoms with Crippen molar-refractivity contribution < 1.29 is 27.1 Å². The number of amides is 1. The molecule has 0 rings (SSSR count). The molecule has 90 valence electrons. The summed E-state index contributed by atoms with van der Waals surface area (Å²) in [6.45, 7) is 1.26. The number of nitrogens with zero attached hydrogens (tertiary/aromatic N) is 1. The number of ether oxygens (including phenoxy) is 1. The molecule has 0 bridgehead atoms. The molecule has 0 aromatic carbocycles. The maximum atomic E-state index is 12.6. The van der Waals surface area contributed by atoms with E-state index in [9.17, 15) is 22.4 Å². The summed E-state index contributed by atoms with van der Waals surface area (Å²) >= 11 is 0. The third-order valence-electron chi connectivity index (χ3n) is 1.79. The average molecular weight is 231 g/mol. The number of methoxy groups -OCH3 is 1. The number of carbonyl (C=O) groups excluding carboxylic acids is 1. The van der Waals surface area contributed by atoms with E-state index in [1.807, 2.05) is 0 Å². The van der Waals surface area contributed by atoms with Crippen molar-refractivity contribution in [1.82, 2.24) is 4.90 Å². The summed E-state index contributed by atoms with van der Waals surface area (Å²) < 4.78 is 53.5. The number of carbonyl (C=O) groups is 1. The molecule has 0 unspecified atom stereocenters.